The van der Waals surface area contributed by atoms with Crippen LogP contribution in [0.25, 0.3) is 0 Å². The highest BCUT2D eigenvalue weighted by molar-refractivity contribution is 5.32. The maximum Gasteiger partial charge on any atom is 0.121 e. The Balaban J connectivity index is 2.44. The molecule has 1 nitrogen and oxygen atoms in total. The molecule has 1 heteroatoms. The van der Waals surface area contributed by atoms with E-state index in [-0.39, 0.29) is 0 Å². The molecule has 0 unspecified atom stereocenters. The number of hydrogen-bond donors (Lipinski definition) is 0. The van der Waals surface area contributed by atoms with Crippen LogP contribution in [0.1, 0.15) is 12.5 Å². The first-order valence-corrected chi connectivity index (χ1v) is 4.11. The third kappa shape index (κ3) is 4.03. The quantitative estimate of drug-likeness (QED) is 0.492. The van der Waals surface area contributed by atoms with Crippen LogP contribution in [-0.4, -0.2) is 6.61 Å². The van der Waals surface area contributed by atoms with Gasteiger partial charge in [0, 0.05) is 5.56 Å². The minimum Gasteiger partial charge on any atom is -0.442 e. The average Bonchev–Trinajstić information content (AvgIpc) is 2.14. The van der Waals surface area contributed by atoms with Crippen molar-refractivity contribution in [3.05, 3.63) is 48.0 Å². The fourth-order valence-corrected chi connectivity index (χ4v) is 0.776. The second-order valence-corrected chi connectivity index (χ2v) is 2.84. The van der Waals surface area contributed by atoms with Crippen LogP contribution in [0, 0.1) is 12.0 Å². The standard InChI is InChI=1S/C12H12O/c1-11(2)10-13-9-8-12-6-4-3-5-7-12/h3-7H,1,10H2,2H3. The summed E-state index contributed by atoms with van der Waals surface area (Å²) in [6.45, 7) is 6.11. The lowest BCUT2D eigenvalue weighted by atomic mass is 10.2. The number of ether oxygens (including phenoxy) is 1. The Kier molecular flexibility index (Phi) is 3.66. The van der Waals surface area contributed by atoms with Crippen LogP contribution >= 0.6 is 0 Å². The molecule has 0 radical (unpaired) electrons. The molecule has 0 aliphatic carbocycles. The van der Waals surface area contributed by atoms with E-state index >= 15 is 0 Å². The van der Waals surface area contributed by atoms with E-state index in [0.29, 0.717) is 6.61 Å². The van der Waals surface area contributed by atoms with E-state index in [2.05, 4.69) is 18.6 Å². The third-order valence-corrected chi connectivity index (χ3v) is 1.36. The van der Waals surface area contributed by atoms with Gasteiger partial charge >= 0.3 is 0 Å². The Morgan fingerprint density at radius 3 is 2.69 bits per heavy atom. The predicted molar refractivity (Wildman–Crippen MR) is 54.1 cm³/mol. The van der Waals surface area contributed by atoms with Gasteiger partial charge in [-0.15, -0.1) is 0 Å². The van der Waals surface area contributed by atoms with Crippen molar-refractivity contribution in [2.75, 3.05) is 6.61 Å². The van der Waals surface area contributed by atoms with Crippen molar-refractivity contribution in [3.63, 3.8) is 0 Å². The van der Waals surface area contributed by atoms with E-state index < -0.39 is 0 Å². The Labute approximate surface area is 79.0 Å². The van der Waals surface area contributed by atoms with E-state index in [1.54, 1.807) is 0 Å². The molecule has 1 rings (SSSR count). The van der Waals surface area contributed by atoms with Crippen molar-refractivity contribution < 1.29 is 4.74 Å². The van der Waals surface area contributed by atoms with Crippen LogP contribution in [0.2, 0.25) is 0 Å². The summed E-state index contributed by atoms with van der Waals surface area (Å²) in [7, 11) is 0. The van der Waals surface area contributed by atoms with Gasteiger partial charge in [0.05, 0.1) is 0 Å². The van der Waals surface area contributed by atoms with Gasteiger partial charge in [0.15, 0.2) is 0 Å². The van der Waals surface area contributed by atoms with Crippen molar-refractivity contribution in [2.45, 2.75) is 6.92 Å². The van der Waals surface area contributed by atoms with Crippen LogP contribution in [0.5, 0.6) is 0 Å². The summed E-state index contributed by atoms with van der Waals surface area (Å²) in [6, 6.07) is 9.74. The van der Waals surface area contributed by atoms with Gasteiger partial charge in [-0.2, -0.15) is 0 Å². The lowest BCUT2D eigenvalue weighted by Gasteiger charge is -1.93. The molecule has 1 aromatic carbocycles. The molecule has 0 aliphatic heterocycles. The largest absolute Gasteiger partial charge is 0.442 e. The highest BCUT2D eigenvalue weighted by atomic mass is 16.5. The Bertz CT molecular complexity index is 327. The van der Waals surface area contributed by atoms with Crippen molar-refractivity contribution in [2.24, 2.45) is 0 Å². The highest BCUT2D eigenvalue weighted by Gasteiger charge is 1.83. The first-order valence-electron chi connectivity index (χ1n) is 4.11. The van der Waals surface area contributed by atoms with Gasteiger partial charge < -0.3 is 4.74 Å². The van der Waals surface area contributed by atoms with Crippen LogP contribution in [-0.2, 0) is 4.74 Å². The van der Waals surface area contributed by atoms with Gasteiger partial charge in [-0.1, -0.05) is 24.8 Å². The summed E-state index contributed by atoms with van der Waals surface area (Å²) >= 11 is 0. The normalized spacial score (nSPS) is 8.38. The second-order valence-electron chi connectivity index (χ2n) is 2.84. The maximum absolute atomic E-state index is 5.04. The van der Waals surface area contributed by atoms with E-state index in [4.69, 9.17) is 4.74 Å². The smallest absolute Gasteiger partial charge is 0.121 e. The van der Waals surface area contributed by atoms with E-state index in [1.165, 1.54) is 0 Å². The zero-order valence-corrected chi connectivity index (χ0v) is 7.71. The Morgan fingerprint density at radius 1 is 1.38 bits per heavy atom. The zero-order chi connectivity index (χ0) is 9.52. The van der Waals surface area contributed by atoms with Crippen LogP contribution in [0.4, 0.5) is 0 Å². The molecule has 0 aromatic heterocycles. The summed E-state index contributed by atoms with van der Waals surface area (Å²) in [6.07, 6.45) is 2.62. The molecule has 0 aliphatic rings. The number of benzene rings is 1. The Morgan fingerprint density at radius 2 is 2.08 bits per heavy atom. The van der Waals surface area contributed by atoms with Gasteiger partial charge in [0.25, 0.3) is 0 Å². The number of rotatable bonds is 2. The van der Waals surface area contributed by atoms with Crippen LogP contribution in [0.3, 0.4) is 0 Å². The van der Waals surface area contributed by atoms with E-state index in [0.717, 1.165) is 11.1 Å². The molecule has 66 valence electrons. The zero-order valence-electron chi connectivity index (χ0n) is 7.71. The first-order chi connectivity index (χ1) is 6.29. The topological polar surface area (TPSA) is 9.23 Å². The lowest BCUT2D eigenvalue weighted by Crippen LogP contribution is -1.86. The Hall–Kier alpha value is -1.68. The fourth-order valence-electron chi connectivity index (χ4n) is 0.776. The van der Waals surface area contributed by atoms with Gasteiger partial charge in [-0.25, -0.2) is 0 Å². The second kappa shape index (κ2) is 5.05. The molecule has 0 spiro atoms. The lowest BCUT2D eigenvalue weighted by molar-refractivity contribution is 0.311. The summed E-state index contributed by atoms with van der Waals surface area (Å²) in [5, 5.41) is 0. The molecule has 0 bridgehead atoms. The number of hydrogen-bond acceptors (Lipinski definition) is 1. The third-order valence-electron chi connectivity index (χ3n) is 1.36. The highest BCUT2D eigenvalue weighted by Crippen LogP contribution is 1.94. The maximum atomic E-state index is 5.04. The van der Waals surface area contributed by atoms with Crippen molar-refractivity contribution in [1.29, 1.82) is 0 Å². The summed E-state index contributed by atoms with van der Waals surface area (Å²) in [4.78, 5) is 0. The molecule has 0 saturated heterocycles. The van der Waals surface area contributed by atoms with Gasteiger partial charge in [-0.3, -0.25) is 0 Å². The first kappa shape index (κ1) is 9.41. The van der Waals surface area contributed by atoms with E-state index in [9.17, 15) is 0 Å². The van der Waals surface area contributed by atoms with Crippen LogP contribution < -0.4 is 0 Å². The molecule has 0 heterocycles. The van der Waals surface area contributed by atoms with Crippen molar-refractivity contribution in [3.8, 4) is 12.0 Å². The summed E-state index contributed by atoms with van der Waals surface area (Å²) < 4.78 is 5.04. The van der Waals surface area contributed by atoms with Crippen molar-refractivity contribution in [1.82, 2.24) is 0 Å². The summed E-state index contributed by atoms with van der Waals surface area (Å²) in [5.41, 5.74) is 1.94. The minimum atomic E-state index is 0.500. The average molecular weight is 172 g/mol. The van der Waals surface area contributed by atoms with E-state index in [1.807, 2.05) is 37.3 Å². The molecule has 0 saturated carbocycles. The molecular formula is C12H12O. The van der Waals surface area contributed by atoms with Gasteiger partial charge in [0.1, 0.15) is 12.7 Å². The molecule has 13 heavy (non-hydrogen) atoms. The fraction of sp³-hybridized carbons (Fsp3) is 0.167. The van der Waals surface area contributed by atoms with Crippen molar-refractivity contribution >= 4 is 0 Å². The molecule has 0 fully saturated rings. The SMILES string of the molecule is C=C(C)COC#Cc1ccccc1. The minimum absolute atomic E-state index is 0.500. The monoisotopic (exact) mass is 172 g/mol. The molecule has 0 atom stereocenters. The van der Waals surface area contributed by atoms with Gasteiger partial charge in [0.2, 0.25) is 0 Å². The van der Waals surface area contributed by atoms with Gasteiger partial charge in [-0.05, 0) is 30.6 Å². The molecular weight excluding hydrogens is 160 g/mol. The molecule has 0 N–H and O–H groups in total. The molecule has 0 amide bonds. The van der Waals surface area contributed by atoms with Crippen LogP contribution in [0.15, 0.2) is 42.5 Å². The molecule has 1 aromatic rings. The summed E-state index contributed by atoms with van der Waals surface area (Å²) in [5.74, 6) is 2.89. The predicted octanol–water partition coefficient (Wildman–Crippen LogP) is 2.59.